The molecule has 2 rings (SSSR count). The van der Waals surface area contributed by atoms with E-state index in [9.17, 15) is 9.90 Å². The first-order valence-corrected chi connectivity index (χ1v) is 7.34. The third kappa shape index (κ3) is 3.80. The summed E-state index contributed by atoms with van der Waals surface area (Å²) in [6.45, 7) is 0.289. The van der Waals surface area contributed by atoms with Crippen LogP contribution in [0.3, 0.4) is 0 Å². The fraction of sp³-hybridized carbons (Fsp3) is 0.500. The van der Waals surface area contributed by atoms with Crippen LogP contribution in [0.2, 0.25) is 0 Å². The molecule has 102 valence electrons. The highest BCUT2D eigenvalue weighted by atomic mass is 32.1. The standard InChI is InChI=1S/C14H18N2O2S/c15-8-1-2-10-7-9-19-13(10)14(18)16-11-3-5-12(17)6-4-11/h7,9,11-12,17H,3-6,8,15H2,(H,16,18). The molecule has 0 aliphatic heterocycles. The predicted molar refractivity (Wildman–Crippen MR) is 76.0 cm³/mol. The van der Waals surface area contributed by atoms with E-state index in [2.05, 4.69) is 17.2 Å². The van der Waals surface area contributed by atoms with Crippen molar-refractivity contribution in [3.05, 3.63) is 21.9 Å². The molecule has 1 aromatic heterocycles. The summed E-state index contributed by atoms with van der Waals surface area (Å²) in [4.78, 5) is 12.8. The first kappa shape index (κ1) is 14.1. The van der Waals surface area contributed by atoms with Gasteiger partial charge in [0, 0.05) is 11.6 Å². The van der Waals surface area contributed by atoms with Gasteiger partial charge in [-0.15, -0.1) is 11.3 Å². The second-order valence-electron chi connectivity index (χ2n) is 4.65. The minimum atomic E-state index is -0.208. The van der Waals surface area contributed by atoms with Gasteiger partial charge >= 0.3 is 0 Å². The Morgan fingerprint density at radius 3 is 2.89 bits per heavy atom. The van der Waals surface area contributed by atoms with Crippen LogP contribution in [0.5, 0.6) is 0 Å². The summed E-state index contributed by atoms with van der Waals surface area (Å²) in [6, 6.07) is 2.00. The smallest absolute Gasteiger partial charge is 0.262 e. The Balaban J connectivity index is 1.98. The summed E-state index contributed by atoms with van der Waals surface area (Å²) in [5.41, 5.74) is 6.08. The highest BCUT2D eigenvalue weighted by molar-refractivity contribution is 7.12. The number of amides is 1. The van der Waals surface area contributed by atoms with E-state index in [0.29, 0.717) is 4.88 Å². The van der Waals surface area contributed by atoms with Crippen LogP contribution in [0.25, 0.3) is 0 Å². The van der Waals surface area contributed by atoms with E-state index in [1.807, 2.05) is 11.4 Å². The zero-order chi connectivity index (χ0) is 13.7. The fourth-order valence-electron chi connectivity index (χ4n) is 2.20. The van der Waals surface area contributed by atoms with Crippen LogP contribution in [-0.2, 0) is 0 Å². The van der Waals surface area contributed by atoms with E-state index in [4.69, 9.17) is 5.73 Å². The van der Waals surface area contributed by atoms with Crippen LogP contribution in [-0.4, -0.2) is 29.7 Å². The molecule has 0 atom stereocenters. The van der Waals surface area contributed by atoms with Crippen molar-refractivity contribution in [2.75, 3.05) is 6.54 Å². The quantitative estimate of drug-likeness (QED) is 0.709. The van der Waals surface area contributed by atoms with Gasteiger partial charge in [0.2, 0.25) is 0 Å². The van der Waals surface area contributed by atoms with Crippen molar-refractivity contribution in [3.63, 3.8) is 0 Å². The molecular formula is C14H18N2O2S. The SMILES string of the molecule is NCC#Cc1ccsc1C(=O)NC1CCC(O)CC1. The summed E-state index contributed by atoms with van der Waals surface area (Å²) in [5.74, 6) is 5.61. The number of nitrogens with two attached hydrogens (primary N) is 1. The minimum Gasteiger partial charge on any atom is -0.393 e. The molecule has 0 spiro atoms. The number of carbonyl (C=O) groups is 1. The average Bonchev–Trinajstić information content (AvgIpc) is 2.87. The number of aliphatic hydroxyl groups excluding tert-OH is 1. The normalized spacial score (nSPS) is 22.4. The van der Waals surface area contributed by atoms with Crippen molar-refractivity contribution in [2.24, 2.45) is 5.73 Å². The van der Waals surface area contributed by atoms with Crippen LogP contribution >= 0.6 is 11.3 Å². The second kappa shape index (κ2) is 6.71. The highest BCUT2D eigenvalue weighted by Gasteiger charge is 2.22. The zero-order valence-corrected chi connectivity index (χ0v) is 11.5. The van der Waals surface area contributed by atoms with Crippen molar-refractivity contribution in [1.82, 2.24) is 5.32 Å². The lowest BCUT2D eigenvalue weighted by Crippen LogP contribution is -2.38. The number of rotatable bonds is 2. The summed E-state index contributed by atoms with van der Waals surface area (Å²) in [5, 5.41) is 14.3. The van der Waals surface area contributed by atoms with Crippen LogP contribution in [0, 0.1) is 11.8 Å². The third-order valence-corrected chi connectivity index (χ3v) is 4.14. The Hall–Kier alpha value is -1.35. The second-order valence-corrected chi connectivity index (χ2v) is 5.56. The molecule has 19 heavy (non-hydrogen) atoms. The monoisotopic (exact) mass is 278 g/mol. The molecular weight excluding hydrogens is 260 g/mol. The Bertz CT molecular complexity index is 493. The maximum atomic E-state index is 12.2. The van der Waals surface area contributed by atoms with Gasteiger partial charge in [-0.1, -0.05) is 11.8 Å². The summed E-state index contributed by atoms with van der Waals surface area (Å²) in [7, 11) is 0. The molecule has 1 aliphatic carbocycles. The summed E-state index contributed by atoms with van der Waals surface area (Å²) in [6.07, 6.45) is 2.98. The average molecular weight is 278 g/mol. The van der Waals surface area contributed by atoms with Gasteiger partial charge < -0.3 is 16.2 Å². The van der Waals surface area contributed by atoms with E-state index in [1.165, 1.54) is 11.3 Å². The molecule has 1 saturated carbocycles. The van der Waals surface area contributed by atoms with Gasteiger partial charge in [0.25, 0.3) is 5.91 Å². The Kier molecular flexibility index (Phi) is 4.97. The van der Waals surface area contributed by atoms with Crippen LogP contribution in [0.4, 0.5) is 0 Å². The van der Waals surface area contributed by atoms with Gasteiger partial charge in [0.1, 0.15) is 4.88 Å². The van der Waals surface area contributed by atoms with Gasteiger partial charge in [-0.05, 0) is 37.1 Å². The molecule has 0 saturated heterocycles. The third-order valence-electron chi connectivity index (χ3n) is 3.23. The lowest BCUT2D eigenvalue weighted by Gasteiger charge is -2.26. The zero-order valence-electron chi connectivity index (χ0n) is 10.7. The van der Waals surface area contributed by atoms with Crippen molar-refractivity contribution < 1.29 is 9.90 Å². The van der Waals surface area contributed by atoms with Crippen LogP contribution in [0.15, 0.2) is 11.4 Å². The number of thiophene rings is 1. The van der Waals surface area contributed by atoms with E-state index in [-0.39, 0.29) is 24.6 Å². The molecule has 0 unspecified atom stereocenters. The topological polar surface area (TPSA) is 75.4 Å². The first-order chi connectivity index (χ1) is 9.20. The Morgan fingerprint density at radius 1 is 1.47 bits per heavy atom. The van der Waals surface area contributed by atoms with Crippen LogP contribution < -0.4 is 11.1 Å². The van der Waals surface area contributed by atoms with Gasteiger partial charge in [-0.25, -0.2) is 0 Å². The molecule has 4 nitrogen and oxygen atoms in total. The predicted octanol–water partition coefficient (Wildman–Crippen LogP) is 1.09. The first-order valence-electron chi connectivity index (χ1n) is 6.46. The van der Waals surface area contributed by atoms with Gasteiger partial charge in [0.05, 0.1) is 12.6 Å². The van der Waals surface area contributed by atoms with E-state index < -0.39 is 0 Å². The van der Waals surface area contributed by atoms with E-state index >= 15 is 0 Å². The highest BCUT2D eigenvalue weighted by Crippen LogP contribution is 2.20. The number of nitrogens with one attached hydrogen (secondary N) is 1. The largest absolute Gasteiger partial charge is 0.393 e. The lowest BCUT2D eigenvalue weighted by molar-refractivity contribution is 0.0871. The number of hydrogen-bond donors (Lipinski definition) is 3. The van der Waals surface area contributed by atoms with Crippen molar-refractivity contribution in [1.29, 1.82) is 0 Å². The lowest BCUT2D eigenvalue weighted by atomic mass is 9.93. The molecule has 1 aromatic rings. The number of hydrogen-bond acceptors (Lipinski definition) is 4. The maximum absolute atomic E-state index is 12.2. The van der Waals surface area contributed by atoms with Gasteiger partial charge in [-0.3, -0.25) is 4.79 Å². The molecule has 0 aromatic carbocycles. The molecule has 1 amide bonds. The number of carbonyl (C=O) groups excluding carboxylic acids is 1. The summed E-state index contributed by atoms with van der Waals surface area (Å²) < 4.78 is 0. The molecule has 1 heterocycles. The Labute approximate surface area is 117 Å². The van der Waals surface area contributed by atoms with Crippen molar-refractivity contribution >= 4 is 17.2 Å². The van der Waals surface area contributed by atoms with Gasteiger partial charge in [-0.2, -0.15) is 0 Å². The van der Waals surface area contributed by atoms with Crippen molar-refractivity contribution in [3.8, 4) is 11.8 Å². The van der Waals surface area contributed by atoms with Crippen molar-refractivity contribution in [2.45, 2.75) is 37.8 Å². The maximum Gasteiger partial charge on any atom is 0.262 e. The molecule has 0 radical (unpaired) electrons. The Morgan fingerprint density at radius 2 is 2.21 bits per heavy atom. The molecule has 0 bridgehead atoms. The van der Waals surface area contributed by atoms with Gasteiger partial charge in [0.15, 0.2) is 0 Å². The molecule has 1 fully saturated rings. The summed E-state index contributed by atoms with van der Waals surface area (Å²) >= 11 is 1.39. The minimum absolute atomic E-state index is 0.0716. The van der Waals surface area contributed by atoms with E-state index in [0.717, 1.165) is 31.2 Å². The fourth-order valence-corrected chi connectivity index (χ4v) is 2.95. The molecule has 4 N–H and O–H groups in total. The number of aliphatic hydroxyl groups is 1. The molecule has 1 aliphatic rings. The van der Waals surface area contributed by atoms with Crippen LogP contribution in [0.1, 0.15) is 40.9 Å². The molecule has 5 heteroatoms. The van der Waals surface area contributed by atoms with E-state index in [1.54, 1.807) is 0 Å².